The van der Waals surface area contributed by atoms with Crippen molar-refractivity contribution in [1.29, 1.82) is 0 Å². The van der Waals surface area contributed by atoms with E-state index in [4.69, 9.17) is 11.6 Å². The van der Waals surface area contributed by atoms with Crippen LogP contribution >= 0.6 is 11.6 Å². The van der Waals surface area contributed by atoms with Crippen LogP contribution in [0.4, 0.5) is 22.7 Å². The van der Waals surface area contributed by atoms with Gasteiger partial charge in [-0.25, -0.2) is 0 Å². The number of amides is 2. The molecule has 0 aromatic heterocycles. The average molecular weight is 500 g/mol. The monoisotopic (exact) mass is 499 g/mol. The molecule has 0 spiro atoms. The molecule has 2 aliphatic heterocycles. The van der Waals surface area contributed by atoms with Gasteiger partial charge in [0.15, 0.2) is 0 Å². The van der Waals surface area contributed by atoms with Crippen molar-refractivity contribution in [3.8, 4) is 0 Å². The molecule has 0 aliphatic carbocycles. The van der Waals surface area contributed by atoms with Crippen molar-refractivity contribution in [1.82, 2.24) is 4.90 Å². The van der Waals surface area contributed by atoms with Crippen LogP contribution in [-0.2, 0) is 4.79 Å². The smallest absolute Gasteiger partial charge is 0.293 e. The number of anilines is 3. The summed E-state index contributed by atoms with van der Waals surface area (Å²) in [6.07, 6.45) is 2.00. The molecule has 2 aromatic rings. The number of benzene rings is 2. The Hall–Kier alpha value is -3.33. The van der Waals surface area contributed by atoms with E-state index in [0.29, 0.717) is 42.6 Å². The summed E-state index contributed by atoms with van der Waals surface area (Å²) in [4.78, 5) is 42.2. The Balaban J connectivity index is 1.43. The first-order valence-corrected chi connectivity index (χ1v) is 12.3. The summed E-state index contributed by atoms with van der Waals surface area (Å²) in [6.45, 7) is 7.99. The molecule has 2 heterocycles. The fourth-order valence-electron chi connectivity index (χ4n) is 4.61. The maximum Gasteiger partial charge on any atom is 0.293 e. The molecule has 4 rings (SSSR count). The molecule has 2 amide bonds. The van der Waals surface area contributed by atoms with E-state index in [9.17, 15) is 19.7 Å². The number of hydrogen-bond donors (Lipinski definition) is 1. The van der Waals surface area contributed by atoms with Crippen LogP contribution in [-0.4, -0.2) is 60.9 Å². The van der Waals surface area contributed by atoms with Crippen LogP contribution in [0.25, 0.3) is 0 Å². The minimum absolute atomic E-state index is 0.0223. The van der Waals surface area contributed by atoms with Crippen molar-refractivity contribution in [2.24, 2.45) is 5.92 Å². The van der Waals surface area contributed by atoms with Gasteiger partial charge in [0.05, 0.1) is 15.6 Å². The van der Waals surface area contributed by atoms with Crippen LogP contribution in [0.1, 0.15) is 37.0 Å². The molecule has 2 saturated heterocycles. The van der Waals surface area contributed by atoms with Crippen molar-refractivity contribution in [2.75, 3.05) is 54.4 Å². The molecule has 9 nitrogen and oxygen atoms in total. The minimum atomic E-state index is -0.440. The first-order chi connectivity index (χ1) is 16.7. The van der Waals surface area contributed by atoms with Gasteiger partial charge in [-0.2, -0.15) is 0 Å². The topological polar surface area (TPSA) is 99.0 Å². The number of halogens is 1. The number of nitro groups is 1. The molecular formula is C25H30ClN5O4. The van der Waals surface area contributed by atoms with Gasteiger partial charge in [-0.1, -0.05) is 25.4 Å². The van der Waals surface area contributed by atoms with Gasteiger partial charge in [0.25, 0.3) is 11.6 Å². The van der Waals surface area contributed by atoms with Crippen LogP contribution in [0.5, 0.6) is 0 Å². The Morgan fingerprint density at radius 3 is 2.17 bits per heavy atom. The van der Waals surface area contributed by atoms with Gasteiger partial charge in [0.1, 0.15) is 5.69 Å². The van der Waals surface area contributed by atoms with E-state index in [1.165, 1.54) is 6.07 Å². The number of carbonyl (C=O) groups is 2. The van der Waals surface area contributed by atoms with Crippen LogP contribution in [0.3, 0.4) is 0 Å². The SMILES string of the molecule is CC(C)C(=O)N1CCN(c2ccc(NC(=O)c3ccc(N4CCCC4)c([N+](=O)[O-])c3)cc2Cl)CC1. The maximum absolute atomic E-state index is 12.8. The zero-order chi connectivity index (χ0) is 25.1. The lowest BCUT2D eigenvalue weighted by molar-refractivity contribution is -0.384. The lowest BCUT2D eigenvalue weighted by Crippen LogP contribution is -2.50. The molecule has 0 atom stereocenters. The normalized spacial score (nSPS) is 16.1. The van der Waals surface area contributed by atoms with Crippen molar-refractivity contribution in [3.63, 3.8) is 0 Å². The first kappa shape index (κ1) is 24.8. The van der Waals surface area contributed by atoms with Gasteiger partial charge in [-0.15, -0.1) is 0 Å². The maximum atomic E-state index is 12.8. The molecule has 1 N–H and O–H groups in total. The van der Waals surface area contributed by atoms with Crippen LogP contribution in [0, 0.1) is 16.0 Å². The van der Waals surface area contributed by atoms with Crippen LogP contribution < -0.4 is 15.1 Å². The van der Waals surface area contributed by atoms with Crippen molar-refractivity contribution in [3.05, 3.63) is 57.1 Å². The molecule has 0 unspecified atom stereocenters. The highest BCUT2D eigenvalue weighted by Gasteiger charge is 2.25. The number of rotatable bonds is 6. The van der Waals surface area contributed by atoms with Crippen molar-refractivity contribution < 1.29 is 14.5 Å². The fourth-order valence-corrected chi connectivity index (χ4v) is 4.91. The number of piperazine rings is 1. The molecule has 2 aliphatic rings. The summed E-state index contributed by atoms with van der Waals surface area (Å²) in [5.74, 6) is -0.306. The number of carbonyl (C=O) groups excluding carboxylic acids is 2. The second-order valence-corrected chi connectivity index (χ2v) is 9.65. The van der Waals surface area contributed by atoms with Crippen LogP contribution in [0.2, 0.25) is 5.02 Å². The largest absolute Gasteiger partial charge is 0.367 e. The summed E-state index contributed by atoms with van der Waals surface area (Å²) in [7, 11) is 0. The summed E-state index contributed by atoms with van der Waals surface area (Å²) in [6, 6.07) is 9.88. The Morgan fingerprint density at radius 1 is 0.943 bits per heavy atom. The number of nitrogens with zero attached hydrogens (tertiary/aromatic N) is 4. The van der Waals surface area contributed by atoms with E-state index >= 15 is 0 Å². The van der Waals surface area contributed by atoms with Gasteiger partial charge in [-0.3, -0.25) is 19.7 Å². The standard InChI is InChI=1S/C25H30ClN5O4/c1-17(2)25(33)30-13-11-29(12-14-30)21-8-6-19(16-20(21)26)27-24(32)18-5-7-22(23(15-18)31(34)35)28-9-3-4-10-28/h5-8,15-17H,3-4,9-14H2,1-2H3,(H,27,32). The molecule has 0 saturated carbocycles. The van der Waals surface area contributed by atoms with E-state index in [-0.39, 0.29) is 23.1 Å². The molecule has 10 heteroatoms. The number of nitro benzene ring substituents is 1. The Morgan fingerprint density at radius 2 is 1.57 bits per heavy atom. The molecule has 35 heavy (non-hydrogen) atoms. The second kappa shape index (κ2) is 10.5. The van der Waals surface area contributed by atoms with E-state index in [1.807, 2.05) is 29.7 Å². The number of hydrogen-bond acceptors (Lipinski definition) is 6. The van der Waals surface area contributed by atoms with Gasteiger partial charge >= 0.3 is 0 Å². The summed E-state index contributed by atoms with van der Waals surface area (Å²) in [5.41, 5.74) is 2.04. The first-order valence-electron chi connectivity index (χ1n) is 11.9. The van der Waals surface area contributed by atoms with Crippen molar-refractivity contribution in [2.45, 2.75) is 26.7 Å². The Labute approximate surface area is 209 Å². The van der Waals surface area contributed by atoms with Gasteiger partial charge in [0.2, 0.25) is 5.91 Å². The fraction of sp³-hybridized carbons (Fsp3) is 0.440. The van der Waals surface area contributed by atoms with Gasteiger partial charge in [-0.05, 0) is 43.2 Å². The highest BCUT2D eigenvalue weighted by atomic mass is 35.5. The zero-order valence-electron chi connectivity index (χ0n) is 20.0. The highest BCUT2D eigenvalue weighted by molar-refractivity contribution is 6.33. The van der Waals surface area contributed by atoms with Crippen molar-refractivity contribution >= 4 is 46.2 Å². The van der Waals surface area contributed by atoms with Crippen LogP contribution in [0.15, 0.2) is 36.4 Å². The van der Waals surface area contributed by atoms with E-state index in [1.54, 1.807) is 24.3 Å². The molecule has 2 fully saturated rings. The van der Waals surface area contributed by atoms with Gasteiger partial charge < -0.3 is 20.0 Å². The highest BCUT2D eigenvalue weighted by Crippen LogP contribution is 2.33. The van der Waals surface area contributed by atoms with E-state index in [2.05, 4.69) is 10.2 Å². The Bertz CT molecular complexity index is 1120. The molecule has 186 valence electrons. The zero-order valence-corrected chi connectivity index (χ0v) is 20.8. The third-order valence-electron chi connectivity index (χ3n) is 6.51. The average Bonchev–Trinajstić information content (AvgIpc) is 3.38. The lowest BCUT2D eigenvalue weighted by atomic mass is 10.1. The van der Waals surface area contributed by atoms with E-state index < -0.39 is 10.8 Å². The number of nitrogens with one attached hydrogen (secondary N) is 1. The summed E-state index contributed by atoms with van der Waals surface area (Å²) in [5, 5.41) is 14.9. The second-order valence-electron chi connectivity index (χ2n) is 9.24. The summed E-state index contributed by atoms with van der Waals surface area (Å²) < 4.78 is 0. The summed E-state index contributed by atoms with van der Waals surface area (Å²) >= 11 is 6.53. The third-order valence-corrected chi connectivity index (χ3v) is 6.82. The van der Waals surface area contributed by atoms with Gasteiger partial charge in [0, 0.05) is 62.5 Å². The minimum Gasteiger partial charge on any atom is -0.367 e. The van der Waals surface area contributed by atoms with E-state index in [0.717, 1.165) is 31.6 Å². The molecule has 0 bridgehead atoms. The third kappa shape index (κ3) is 5.51. The predicted molar refractivity (Wildman–Crippen MR) is 138 cm³/mol. The molecule has 0 radical (unpaired) electrons. The molecular weight excluding hydrogens is 470 g/mol. The predicted octanol–water partition coefficient (Wildman–Crippen LogP) is 4.41. The molecule has 2 aromatic carbocycles. The Kier molecular flexibility index (Phi) is 7.45. The quantitative estimate of drug-likeness (QED) is 0.467. The lowest BCUT2D eigenvalue weighted by Gasteiger charge is -2.37.